The molecule has 0 aliphatic heterocycles. The van der Waals surface area contributed by atoms with E-state index in [0.717, 1.165) is 11.3 Å². The molecule has 1 aromatic carbocycles. The fraction of sp³-hybridized carbons (Fsp3) is 0.263. The van der Waals surface area contributed by atoms with Gasteiger partial charge in [-0.2, -0.15) is 5.10 Å². The van der Waals surface area contributed by atoms with Crippen molar-refractivity contribution < 1.29 is 18.9 Å². The van der Waals surface area contributed by atoms with Crippen LogP contribution >= 0.6 is 0 Å². The zero-order valence-corrected chi connectivity index (χ0v) is 15.8. The van der Waals surface area contributed by atoms with Gasteiger partial charge in [-0.15, -0.1) is 0 Å². The van der Waals surface area contributed by atoms with E-state index in [9.17, 15) is 14.9 Å². The van der Waals surface area contributed by atoms with Crippen LogP contribution in [-0.2, 0) is 20.2 Å². The van der Waals surface area contributed by atoms with E-state index in [0.29, 0.717) is 12.3 Å². The van der Waals surface area contributed by atoms with Crippen molar-refractivity contribution in [1.29, 1.82) is 0 Å². The van der Waals surface area contributed by atoms with Crippen LogP contribution < -0.4 is 4.74 Å². The minimum atomic E-state index is -0.494. The molecule has 0 atom stereocenters. The third kappa shape index (κ3) is 4.37. The molecule has 0 saturated heterocycles. The Morgan fingerprint density at radius 3 is 2.79 bits per heavy atom. The number of carbonyl (C=O) groups excluding carboxylic acids is 1. The summed E-state index contributed by atoms with van der Waals surface area (Å²) >= 11 is 0. The lowest BCUT2D eigenvalue weighted by Crippen LogP contribution is -2.26. The molecular formula is C19H20N4O5. The molecule has 2 heterocycles. The molecule has 0 saturated carbocycles. The lowest BCUT2D eigenvalue weighted by molar-refractivity contribution is -0.386. The van der Waals surface area contributed by atoms with Crippen LogP contribution in [0.15, 0.2) is 47.0 Å². The number of aromatic nitrogens is 2. The first-order valence-corrected chi connectivity index (χ1v) is 8.54. The molecule has 0 spiro atoms. The second-order valence-corrected chi connectivity index (χ2v) is 6.42. The lowest BCUT2D eigenvalue weighted by atomic mass is 10.2. The van der Waals surface area contributed by atoms with E-state index in [1.807, 2.05) is 13.1 Å². The molecule has 1 amide bonds. The van der Waals surface area contributed by atoms with E-state index in [1.165, 1.54) is 11.0 Å². The van der Waals surface area contributed by atoms with Crippen molar-refractivity contribution in [2.75, 3.05) is 7.05 Å². The SMILES string of the molecule is Cc1ccc(OCc2ccc(C(=O)N(C)Cc3ccn(C)n3)o2)c([N+](=O)[O-])c1. The van der Waals surface area contributed by atoms with E-state index in [2.05, 4.69) is 5.10 Å². The first kappa shape index (κ1) is 19.2. The number of hydrogen-bond donors (Lipinski definition) is 0. The van der Waals surface area contributed by atoms with Gasteiger partial charge in [0.15, 0.2) is 11.5 Å². The number of ether oxygens (including phenoxy) is 1. The zero-order valence-electron chi connectivity index (χ0n) is 15.8. The Morgan fingerprint density at radius 1 is 1.32 bits per heavy atom. The summed E-state index contributed by atoms with van der Waals surface area (Å²) in [5, 5.41) is 15.4. The van der Waals surface area contributed by atoms with Gasteiger partial charge in [0, 0.05) is 26.4 Å². The highest BCUT2D eigenvalue weighted by Crippen LogP contribution is 2.28. The molecule has 0 unspecified atom stereocenters. The molecule has 0 N–H and O–H groups in total. The quantitative estimate of drug-likeness (QED) is 0.458. The number of nitrogens with zero attached hydrogens (tertiary/aromatic N) is 4. The Kier molecular flexibility index (Phi) is 5.44. The summed E-state index contributed by atoms with van der Waals surface area (Å²) in [5.41, 5.74) is 1.42. The average molecular weight is 384 g/mol. The predicted octanol–water partition coefficient (Wildman–Crippen LogP) is 3.08. The highest BCUT2D eigenvalue weighted by Gasteiger charge is 2.19. The van der Waals surface area contributed by atoms with Gasteiger partial charge in [0.2, 0.25) is 0 Å². The van der Waals surface area contributed by atoms with Gasteiger partial charge in [-0.25, -0.2) is 0 Å². The maximum Gasteiger partial charge on any atom is 0.311 e. The Balaban J connectivity index is 1.64. The number of amides is 1. The minimum absolute atomic E-state index is 0.0267. The summed E-state index contributed by atoms with van der Waals surface area (Å²) < 4.78 is 12.7. The minimum Gasteiger partial charge on any atom is -0.479 e. The summed E-state index contributed by atoms with van der Waals surface area (Å²) in [5.74, 6) is 0.408. The van der Waals surface area contributed by atoms with Gasteiger partial charge in [0.25, 0.3) is 5.91 Å². The summed E-state index contributed by atoms with van der Waals surface area (Å²) in [4.78, 5) is 24.6. The number of carbonyl (C=O) groups is 1. The number of furan rings is 1. The maximum atomic E-state index is 12.5. The Morgan fingerprint density at radius 2 is 2.11 bits per heavy atom. The fourth-order valence-electron chi connectivity index (χ4n) is 2.66. The molecule has 28 heavy (non-hydrogen) atoms. The Labute approximate surface area is 161 Å². The van der Waals surface area contributed by atoms with Crippen molar-refractivity contribution in [3.05, 3.63) is 75.5 Å². The third-order valence-corrected chi connectivity index (χ3v) is 4.07. The average Bonchev–Trinajstić information content (AvgIpc) is 3.29. The van der Waals surface area contributed by atoms with Crippen LogP contribution in [0.3, 0.4) is 0 Å². The van der Waals surface area contributed by atoms with Crippen LogP contribution in [0.25, 0.3) is 0 Å². The van der Waals surface area contributed by atoms with E-state index < -0.39 is 4.92 Å². The third-order valence-electron chi connectivity index (χ3n) is 4.07. The van der Waals surface area contributed by atoms with Crippen LogP contribution in [0.2, 0.25) is 0 Å². The molecule has 2 aromatic heterocycles. The van der Waals surface area contributed by atoms with Crippen LogP contribution in [-0.4, -0.2) is 32.6 Å². The van der Waals surface area contributed by atoms with Gasteiger partial charge in [0.05, 0.1) is 17.2 Å². The summed E-state index contributed by atoms with van der Waals surface area (Å²) in [7, 11) is 3.47. The van der Waals surface area contributed by atoms with Crippen LogP contribution in [0.5, 0.6) is 5.75 Å². The standard InChI is InChI=1S/C19H20N4O5/c1-13-4-6-17(16(10-13)23(25)26)27-12-15-5-7-18(28-15)19(24)21(2)11-14-8-9-22(3)20-14/h4-10H,11-12H2,1-3H3. The first-order valence-electron chi connectivity index (χ1n) is 8.54. The number of nitro groups is 1. The normalized spacial score (nSPS) is 10.7. The fourth-order valence-corrected chi connectivity index (χ4v) is 2.66. The highest BCUT2D eigenvalue weighted by molar-refractivity contribution is 5.91. The molecule has 3 rings (SSSR count). The Bertz CT molecular complexity index is 1010. The van der Waals surface area contributed by atoms with Crippen molar-refractivity contribution in [2.45, 2.75) is 20.1 Å². The van der Waals surface area contributed by atoms with E-state index in [1.54, 1.807) is 49.1 Å². The van der Waals surface area contributed by atoms with Gasteiger partial charge in [0.1, 0.15) is 12.4 Å². The zero-order chi connectivity index (χ0) is 20.3. The number of nitro benzene ring substituents is 1. The molecular weight excluding hydrogens is 364 g/mol. The van der Waals surface area contributed by atoms with Crippen molar-refractivity contribution in [3.63, 3.8) is 0 Å². The predicted molar refractivity (Wildman–Crippen MR) is 99.9 cm³/mol. The van der Waals surface area contributed by atoms with Crippen molar-refractivity contribution in [3.8, 4) is 5.75 Å². The van der Waals surface area contributed by atoms with Crippen LogP contribution in [0.1, 0.15) is 27.6 Å². The first-order chi connectivity index (χ1) is 13.3. The van der Waals surface area contributed by atoms with Crippen LogP contribution in [0, 0.1) is 17.0 Å². The highest BCUT2D eigenvalue weighted by atomic mass is 16.6. The van der Waals surface area contributed by atoms with E-state index in [-0.39, 0.29) is 29.7 Å². The molecule has 9 nitrogen and oxygen atoms in total. The topological polar surface area (TPSA) is 104 Å². The van der Waals surface area contributed by atoms with Gasteiger partial charge in [-0.3, -0.25) is 19.6 Å². The van der Waals surface area contributed by atoms with E-state index in [4.69, 9.17) is 9.15 Å². The molecule has 0 aliphatic carbocycles. The molecule has 0 aliphatic rings. The number of hydrogen-bond acceptors (Lipinski definition) is 6. The molecule has 146 valence electrons. The smallest absolute Gasteiger partial charge is 0.311 e. The van der Waals surface area contributed by atoms with Gasteiger partial charge in [-0.05, 0) is 36.8 Å². The maximum absolute atomic E-state index is 12.5. The number of benzene rings is 1. The van der Waals surface area contributed by atoms with Crippen molar-refractivity contribution in [2.24, 2.45) is 7.05 Å². The van der Waals surface area contributed by atoms with E-state index >= 15 is 0 Å². The second-order valence-electron chi connectivity index (χ2n) is 6.42. The molecule has 0 radical (unpaired) electrons. The van der Waals surface area contributed by atoms with Crippen LogP contribution in [0.4, 0.5) is 5.69 Å². The van der Waals surface area contributed by atoms with Crippen molar-refractivity contribution in [1.82, 2.24) is 14.7 Å². The monoisotopic (exact) mass is 384 g/mol. The number of rotatable bonds is 7. The molecule has 0 bridgehead atoms. The van der Waals surface area contributed by atoms with Gasteiger partial charge >= 0.3 is 5.69 Å². The summed E-state index contributed by atoms with van der Waals surface area (Å²) in [6.07, 6.45) is 1.81. The second kappa shape index (κ2) is 7.95. The summed E-state index contributed by atoms with van der Waals surface area (Å²) in [6.45, 7) is 2.09. The molecule has 0 fully saturated rings. The largest absolute Gasteiger partial charge is 0.479 e. The Hall–Kier alpha value is -3.62. The van der Waals surface area contributed by atoms with Gasteiger partial charge in [-0.1, -0.05) is 6.07 Å². The molecule has 3 aromatic rings. The lowest BCUT2D eigenvalue weighted by Gasteiger charge is -2.14. The number of aryl methyl sites for hydroxylation is 2. The summed E-state index contributed by atoms with van der Waals surface area (Å²) in [6, 6.07) is 9.72. The molecule has 9 heteroatoms. The van der Waals surface area contributed by atoms with Gasteiger partial charge < -0.3 is 14.1 Å². The van der Waals surface area contributed by atoms with Crippen molar-refractivity contribution >= 4 is 11.6 Å².